The third-order valence-corrected chi connectivity index (χ3v) is 2.66. The van der Waals surface area contributed by atoms with E-state index in [-0.39, 0.29) is 5.82 Å². The van der Waals surface area contributed by atoms with E-state index in [1.165, 1.54) is 4.68 Å². The zero-order valence-electron chi connectivity index (χ0n) is 9.98. The van der Waals surface area contributed by atoms with E-state index in [9.17, 15) is 4.79 Å². The largest absolute Gasteiger partial charge is 0.475 e. The van der Waals surface area contributed by atoms with Gasteiger partial charge in [-0.25, -0.2) is 14.5 Å². The number of fused-ring (bicyclic) bond motifs is 1. The van der Waals surface area contributed by atoms with Gasteiger partial charge in [0.05, 0.1) is 16.7 Å². The minimum absolute atomic E-state index is 0.225. The lowest BCUT2D eigenvalue weighted by Gasteiger charge is -2.03. The Kier molecular flexibility index (Phi) is 2.45. The summed E-state index contributed by atoms with van der Waals surface area (Å²) in [6.45, 7) is 1.69. The molecule has 0 spiro atoms. The first kappa shape index (κ1) is 11.3. The Bertz CT molecular complexity index is 781. The number of aromatic carboxylic acids is 1. The molecule has 0 radical (unpaired) electrons. The summed E-state index contributed by atoms with van der Waals surface area (Å²) < 4.78 is 1.47. The maximum Gasteiger partial charge on any atom is 0.375 e. The van der Waals surface area contributed by atoms with E-state index in [1.54, 1.807) is 37.5 Å². The predicted molar refractivity (Wildman–Crippen MR) is 66.2 cm³/mol. The summed E-state index contributed by atoms with van der Waals surface area (Å²) in [6, 6.07) is 5.39. The summed E-state index contributed by atoms with van der Waals surface area (Å²) in [7, 11) is 0. The number of benzene rings is 1. The van der Waals surface area contributed by atoms with Crippen molar-refractivity contribution in [1.29, 1.82) is 0 Å². The van der Waals surface area contributed by atoms with E-state index in [0.717, 1.165) is 5.52 Å². The van der Waals surface area contributed by atoms with Crippen LogP contribution in [0.4, 0.5) is 0 Å². The van der Waals surface area contributed by atoms with Crippen molar-refractivity contribution in [2.24, 2.45) is 0 Å². The highest BCUT2D eigenvalue weighted by molar-refractivity contribution is 5.83. The molecule has 7 nitrogen and oxygen atoms in total. The van der Waals surface area contributed by atoms with Crippen molar-refractivity contribution in [3.8, 4) is 5.69 Å². The van der Waals surface area contributed by atoms with Crippen molar-refractivity contribution in [2.75, 3.05) is 0 Å². The average molecular weight is 255 g/mol. The highest BCUT2D eigenvalue weighted by Gasteiger charge is 2.13. The van der Waals surface area contributed by atoms with Crippen LogP contribution in [0, 0.1) is 6.92 Å². The Labute approximate surface area is 107 Å². The molecule has 0 amide bonds. The van der Waals surface area contributed by atoms with E-state index in [1.807, 2.05) is 0 Å². The van der Waals surface area contributed by atoms with Crippen molar-refractivity contribution in [3.05, 3.63) is 42.2 Å². The minimum Gasteiger partial charge on any atom is -0.475 e. The molecule has 2 heterocycles. The van der Waals surface area contributed by atoms with Crippen molar-refractivity contribution >= 4 is 17.0 Å². The van der Waals surface area contributed by atoms with Crippen LogP contribution in [0.15, 0.2) is 30.6 Å². The molecule has 7 heteroatoms. The van der Waals surface area contributed by atoms with Crippen LogP contribution >= 0.6 is 0 Å². The summed E-state index contributed by atoms with van der Waals surface area (Å²) in [6.07, 6.45) is 3.22. The van der Waals surface area contributed by atoms with E-state index in [4.69, 9.17) is 5.11 Å². The first-order valence-electron chi connectivity index (χ1n) is 5.53. The number of aryl methyl sites for hydroxylation is 1. The van der Waals surface area contributed by atoms with E-state index < -0.39 is 5.97 Å². The molecular weight excluding hydrogens is 246 g/mol. The molecule has 0 saturated heterocycles. The highest BCUT2D eigenvalue weighted by Crippen LogP contribution is 2.15. The van der Waals surface area contributed by atoms with Gasteiger partial charge in [0.25, 0.3) is 5.82 Å². The van der Waals surface area contributed by atoms with E-state index in [2.05, 4.69) is 20.1 Å². The molecule has 3 aromatic rings. The Morgan fingerprint density at radius 1 is 1.21 bits per heavy atom. The molecular formula is C12H9N5O2. The monoisotopic (exact) mass is 255 g/mol. The summed E-state index contributed by atoms with van der Waals surface area (Å²) in [5.74, 6) is -0.875. The average Bonchev–Trinajstić information content (AvgIpc) is 2.80. The molecule has 0 bridgehead atoms. The van der Waals surface area contributed by atoms with Crippen molar-refractivity contribution in [2.45, 2.75) is 6.92 Å². The van der Waals surface area contributed by atoms with Crippen LogP contribution in [0.2, 0.25) is 0 Å². The maximum absolute atomic E-state index is 10.8. The van der Waals surface area contributed by atoms with Gasteiger partial charge in [0.1, 0.15) is 5.82 Å². The van der Waals surface area contributed by atoms with Gasteiger partial charge >= 0.3 is 5.97 Å². The molecule has 1 aromatic carbocycles. The minimum atomic E-state index is -1.15. The maximum atomic E-state index is 10.8. The van der Waals surface area contributed by atoms with Gasteiger partial charge < -0.3 is 5.11 Å². The molecule has 0 aliphatic carbocycles. The smallest absolute Gasteiger partial charge is 0.375 e. The van der Waals surface area contributed by atoms with Crippen LogP contribution in [-0.2, 0) is 0 Å². The van der Waals surface area contributed by atoms with E-state index >= 15 is 0 Å². The predicted octanol–water partition coefficient (Wildman–Crippen LogP) is 1.22. The quantitative estimate of drug-likeness (QED) is 0.739. The number of hydrogen-bond donors (Lipinski definition) is 1. The van der Waals surface area contributed by atoms with Crippen molar-refractivity contribution < 1.29 is 9.90 Å². The normalized spacial score (nSPS) is 10.8. The second kappa shape index (κ2) is 4.13. The molecule has 1 N–H and O–H groups in total. The summed E-state index contributed by atoms with van der Waals surface area (Å²) in [5.41, 5.74) is 2.18. The second-order valence-electron chi connectivity index (χ2n) is 3.93. The topological polar surface area (TPSA) is 93.8 Å². The van der Waals surface area contributed by atoms with Gasteiger partial charge in [-0.2, -0.15) is 0 Å². The molecule has 0 atom stereocenters. The second-order valence-corrected chi connectivity index (χ2v) is 3.93. The lowest BCUT2D eigenvalue weighted by molar-refractivity contribution is 0.0683. The highest BCUT2D eigenvalue weighted by atomic mass is 16.4. The third-order valence-electron chi connectivity index (χ3n) is 2.66. The molecule has 3 rings (SSSR count). The summed E-state index contributed by atoms with van der Waals surface area (Å²) in [5, 5.41) is 12.8. The summed E-state index contributed by atoms with van der Waals surface area (Å²) >= 11 is 0. The van der Waals surface area contributed by atoms with E-state index in [0.29, 0.717) is 17.0 Å². The fourth-order valence-corrected chi connectivity index (χ4v) is 1.81. The van der Waals surface area contributed by atoms with Gasteiger partial charge in [0.2, 0.25) is 0 Å². The Morgan fingerprint density at radius 3 is 2.63 bits per heavy atom. The Hall–Kier alpha value is -2.83. The Morgan fingerprint density at radius 2 is 1.95 bits per heavy atom. The van der Waals surface area contributed by atoms with Gasteiger partial charge in [-0.15, -0.1) is 5.10 Å². The zero-order valence-corrected chi connectivity index (χ0v) is 9.98. The summed E-state index contributed by atoms with van der Waals surface area (Å²) in [4.78, 5) is 23.1. The van der Waals surface area contributed by atoms with Gasteiger partial charge in [-0.05, 0) is 25.1 Å². The Balaban J connectivity index is 2.16. The van der Waals surface area contributed by atoms with Crippen LogP contribution in [0.5, 0.6) is 0 Å². The lowest BCUT2D eigenvalue weighted by atomic mass is 10.2. The van der Waals surface area contributed by atoms with Crippen LogP contribution in [0.3, 0.4) is 0 Å². The number of carboxylic acid groups (broad SMARTS) is 1. The van der Waals surface area contributed by atoms with Crippen molar-refractivity contribution in [1.82, 2.24) is 24.7 Å². The van der Waals surface area contributed by atoms with Crippen LogP contribution in [0.1, 0.15) is 16.4 Å². The first-order chi connectivity index (χ1) is 9.15. The molecule has 0 unspecified atom stereocenters. The number of hydrogen-bond acceptors (Lipinski definition) is 5. The lowest BCUT2D eigenvalue weighted by Crippen LogP contribution is -2.02. The van der Waals surface area contributed by atoms with Crippen LogP contribution in [-0.4, -0.2) is 35.8 Å². The molecule has 2 aromatic heterocycles. The molecule has 0 aliphatic rings. The van der Waals surface area contributed by atoms with Crippen molar-refractivity contribution in [3.63, 3.8) is 0 Å². The SMILES string of the molecule is Cc1nc(C(=O)O)nn1-c1ccc2nccnc2c1. The first-order valence-corrected chi connectivity index (χ1v) is 5.53. The van der Waals surface area contributed by atoms with Gasteiger partial charge in [0.15, 0.2) is 0 Å². The van der Waals surface area contributed by atoms with Gasteiger partial charge in [-0.1, -0.05) is 0 Å². The number of carbonyl (C=O) groups is 1. The number of aromatic nitrogens is 5. The molecule has 0 fully saturated rings. The van der Waals surface area contributed by atoms with Crippen LogP contribution < -0.4 is 0 Å². The number of nitrogens with zero attached hydrogens (tertiary/aromatic N) is 5. The number of rotatable bonds is 2. The molecule has 94 valence electrons. The van der Waals surface area contributed by atoms with Crippen LogP contribution in [0.25, 0.3) is 16.7 Å². The third kappa shape index (κ3) is 1.90. The molecule has 19 heavy (non-hydrogen) atoms. The zero-order chi connectivity index (χ0) is 13.4. The molecule has 0 saturated carbocycles. The van der Waals surface area contributed by atoms with Gasteiger partial charge in [-0.3, -0.25) is 9.97 Å². The fourth-order valence-electron chi connectivity index (χ4n) is 1.81. The van der Waals surface area contributed by atoms with Gasteiger partial charge in [0, 0.05) is 12.4 Å². The standard InChI is InChI=1S/C12H9N5O2/c1-7-15-11(12(18)19)16-17(7)8-2-3-9-10(6-8)14-5-4-13-9/h2-6H,1H3,(H,18,19). The fraction of sp³-hybridized carbons (Fsp3) is 0.0833. The molecule has 0 aliphatic heterocycles. The number of carboxylic acids is 1.